The molecule has 2 aromatic rings. The number of nitrogens with zero attached hydrogens (tertiary/aromatic N) is 3. The molecule has 3 rings (SSSR count). The Hall–Kier alpha value is -1.19. The minimum Gasteiger partial charge on any atom is -0.352 e. The second-order valence-corrected chi connectivity index (χ2v) is 8.07. The van der Waals surface area contributed by atoms with Crippen molar-refractivity contribution in [3.8, 4) is 10.6 Å². The summed E-state index contributed by atoms with van der Waals surface area (Å²) in [5, 5.41) is 10.2. The zero-order valence-corrected chi connectivity index (χ0v) is 19.6. The fraction of sp³-hybridized carbons (Fsp3) is 0.500. The molecule has 27 heavy (non-hydrogen) atoms. The van der Waals surface area contributed by atoms with Crippen molar-refractivity contribution in [2.24, 2.45) is 10.9 Å². The number of aliphatic imine (C=N–C) groups is 1. The lowest BCUT2D eigenvalue weighted by Gasteiger charge is -2.21. The van der Waals surface area contributed by atoms with Crippen molar-refractivity contribution in [3.05, 3.63) is 41.4 Å². The summed E-state index contributed by atoms with van der Waals surface area (Å²) >= 11 is 1.68. The minimum absolute atomic E-state index is 0. The molecule has 1 saturated heterocycles. The molecule has 0 amide bonds. The average Bonchev–Trinajstić information content (AvgIpc) is 3.26. The van der Waals surface area contributed by atoms with Gasteiger partial charge in [-0.05, 0) is 19.8 Å². The second-order valence-electron chi connectivity index (χ2n) is 7.21. The van der Waals surface area contributed by atoms with Gasteiger partial charge in [0, 0.05) is 43.2 Å². The molecule has 0 spiro atoms. The fourth-order valence-electron chi connectivity index (χ4n) is 3.26. The van der Waals surface area contributed by atoms with Gasteiger partial charge in [-0.3, -0.25) is 9.89 Å². The minimum atomic E-state index is 0. The molecule has 1 aliphatic heterocycles. The zero-order chi connectivity index (χ0) is 18.5. The highest BCUT2D eigenvalue weighted by Crippen LogP contribution is 2.23. The number of hydrogen-bond donors (Lipinski definition) is 2. The number of aromatic nitrogens is 1. The van der Waals surface area contributed by atoms with Crippen LogP contribution in [0.1, 0.15) is 26.5 Å². The van der Waals surface area contributed by atoms with E-state index >= 15 is 0 Å². The lowest BCUT2D eigenvalue weighted by atomic mass is 10.1. The highest BCUT2D eigenvalue weighted by molar-refractivity contribution is 14.0. The summed E-state index contributed by atoms with van der Waals surface area (Å²) in [5.41, 5.74) is 2.21. The number of hydrogen-bond acceptors (Lipinski definition) is 4. The van der Waals surface area contributed by atoms with Gasteiger partial charge in [-0.15, -0.1) is 35.3 Å². The molecule has 1 aromatic heterocycles. The summed E-state index contributed by atoms with van der Waals surface area (Å²) < 4.78 is 0. The van der Waals surface area contributed by atoms with Crippen LogP contribution in [0.3, 0.4) is 0 Å². The third-order valence-corrected chi connectivity index (χ3v) is 5.87. The summed E-state index contributed by atoms with van der Waals surface area (Å²) in [5.74, 6) is 1.46. The van der Waals surface area contributed by atoms with Crippen LogP contribution in [0.25, 0.3) is 10.6 Å². The maximum atomic E-state index is 4.73. The van der Waals surface area contributed by atoms with Crippen LogP contribution in [0.15, 0.2) is 40.7 Å². The molecule has 7 heteroatoms. The molecule has 0 aliphatic carbocycles. The van der Waals surface area contributed by atoms with Gasteiger partial charge in [-0.2, -0.15) is 0 Å². The quantitative estimate of drug-likeness (QED) is 0.373. The largest absolute Gasteiger partial charge is 0.352 e. The molecule has 1 fully saturated rings. The van der Waals surface area contributed by atoms with Crippen molar-refractivity contribution >= 4 is 41.3 Å². The Morgan fingerprint density at radius 3 is 2.67 bits per heavy atom. The molecule has 0 bridgehead atoms. The Morgan fingerprint density at radius 1 is 1.30 bits per heavy atom. The molecule has 0 radical (unpaired) electrons. The topological polar surface area (TPSA) is 52.6 Å². The van der Waals surface area contributed by atoms with Gasteiger partial charge in [0.25, 0.3) is 0 Å². The van der Waals surface area contributed by atoms with Crippen molar-refractivity contribution in [2.45, 2.75) is 39.4 Å². The van der Waals surface area contributed by atoms with Gasteiger partial charge in [0.1, 0.15) is 5.01 Å². The van der Waals surface area contributed by atoms with Crippen molar-refractivity contribution in [1.29, 1.82) is 0 Å². The third-order valence-electron chi connectivity index (χ3n) is 4.93. The normalized spacial score (nSPS) is 20.6. The summed E-state index contributed by atoms with van der Waals surface area (Å²) in [4.78, 5) is 11.6. The smallest absolute Gasteiger partial charge is 0.191 e. The van der Waals surface area contributed by atoms with Crippen molar-refractivity contribution in [3.63, 3.8) is 0 Å². The second kappa shape index (κ2) is 10.4. The fourth-order valence-corrected chi connectivity index (χ4v) is 4.09. The number of likely N-dealkylation sites (tertiary alicyclic amines) is 1. The predicted molar refractivity (Wildman–Crippen MR) is 126 cm³/mol. The van der Waals surface area contributed by atoms with E-state index < -0.39 is 0 Å². The van der Waals surface area contributed by atoms with Crippen LogP contribution < -0.4 is 10.6 Å². The Bertz CT molecular complexity index is 731. The van der Waals surface area contributed by atoms with E-state index in [1.807, 2.05) is 25.2 Å². The van der Waals surface area contributed by atoms with E-state index in [1.54, 1.807) is 11.3 Å². The summed E-state index contributed by atoms with van der Waals surface area (Å²) in [7, 11) is 1.83. The molecule has 1 aromatic carbocycles. The highest BCUT2D eigenvalue weighted by Gasteiger charge is 2.31. The number of thiazole rings is 1. The van der Waals surface area contributed by atoms with Crippen LogP contribution in [0, 0.1) is 5.92 Å². The number of halogens is 1. The van der Waals surface area contributed by atoms with E-state index in [-0.39, 0.29) is 24.0 Å². The van der Waals surface area contributed by atoms with Crippen molar-refractivity contribution in [1.82, 2.24) is 20.5 Å². The average molecular weight is 499 g/mol. The summed E-state index contributed by atoms with van der Waals surface area (Å²) in [6, 6.07) is 11.3. The molecular weight excluding hydrogens is 469 g/mol. The number of rotatable bonds is 5. The first kappa shape index (κ1) is 22.1. The van der Waals surface area contributed by atoms with Crippen LogP contribution >= 0.6 is 35.3 Å². The van der Waals surface area contributed by atoms with Crippen LogP contribution in [-0.2, 0) is 6.54 Å². The van der Waals surface area contributed by atoms with E-state index in [2.05, 4.69) is 58.8 Å². The SMILES string of the molecule is CN=C(NCc1csc(-c2ccccc2)n1)NC1CN(C(C)C)CC1C.I. The van der Waals surface area contributed by atoms with Gasteiger partial charge in [-0.25, -0.2) is 4.98 Å². The van der Waals surface area contributed by atoms with Gasteiger partial charge in [0.15, 0.2) is 5.96 Å². The van der Waals surface area contributed by atoms with E-state index in [1.165, 1.54) is 5.56 Å². The van der Waals surface area contributed by atoms with Crippen LogP contribution in [0.2, 0.25) is 0 Å². The molecule has 2 atom stereocenters. The molecule has 2 unspecified atom stereocenters. The third kappa shape index (κ3) is 5.89. The Kier molecular flexibility index (Phi) is 8.50. The van der Waals surface area contributed by atoms with Crippen molar-refractivity contribution in [2.75, 3.05) is 20.1 Å². The van der Waals surface area contributed by atoms with Gasteiger partial charge in [0.05, 0.1) is 12.2 Å². The monoisotopic (exact) mass is 499 g/mol. The van der Waals surface area contributed by atoms with Crippen molar-refractivity contribution < 1.29 is 0 Å². The van der Waals surface area contributed by atoms with Gasteiger partial charge < -0.3 is 10.6 Å². The maximum absolute atomic E-state index is 4.73. The van der Waals surface area contributed by atoms with Gasteiger partial charge in [-0.1, -0.05) is 37.3 Å². The zero-order valence-electron chi connectivity index (χ0n) is 16.5. The number of guanidine groups is 1. The van der Waals surface area contributed by atoms with Crippen LogP contribution in [0.5, 0.6) is 0 Å². The first-order valence-corrected chi connectivity index (χ1v) is 10.2. The van der Waals surface area contributed by atoms with E-state index in [4.69, 9.17) is 4.98 Å². The molecule has 2 N–H and O–H groups in total. The maximum Gasteiger partial charge on any atom is 0.191 e. The summed E-state index contributed by atoms with van der Waals surface area (Å²) in [6.45, 7) is 9.70. The lowest BCUT2D eigenvalue weighted by molar-refractivity contribution is 0.265. The molecule has 0 saturated carbocycles. The lowest BCUT2D eigenvalue weighted by Crippen LogP contribution is -2.46. The Labute approximate surface area is 183 Å². The standard InChI is InChI=1S/C20H29N5S.HI/c1-14(2)25-11-15(3)18(12-25)24-20(21-4)22-10-17-13-26-19(23-17)16-8-6-5-7-9-16;/h5-9,13-15,18H,10-12H2,1-4H3,(H2,21,22,24);1H. The first-order chi connectivity index (χ1) is 12.6. The Balaban J connectivity index is 0.00000261. The van der Waals surface area contributed by atoms with Crippen LogP contribution in [0.4, 0.5) is 0 Å². The number of nitrogens with one attached hydrogen (secondary N) is 2. The molecule has 2 heterocycles. The van der Waals surface area contributed by atoms with Gasteiger partial charge >= 0.3 is 0 Å². The Morgan fingerprint density at radius 2 is 2.04 bits per heavy atom. The number of benzene rings is 1. The first-order valence-electron chi connectivity index (χ1n) is 9.28. The molecule has 1 aliphatic rings. The van der Waals surface area contributed by atoms with E-state index in [9.17, 15) is 0 Å². The highest BCUT2D eigenvalue weighted by atomic mass is 127. The van der Waals surface area contributed by atoms with E-state index in [0.717, 1.165) is 29.8 Å². The van der Waals surface area contributed by atoms with Gasteiger partial charge in [0.2, 0.25) is 0 Å². The molecular formula is C20H30IN5S. The van der Waals surface area contributed by atoms with Crippen LogP contribution in [-0.4, -0.2) is 48.1 Å². The molecule has 5 nitrogen and oxygen atoms in total. The van der Waals surface area contributed by atoms with E-state index in [0.29, 0.717) is 24.5 Å². The molecule has 148 valence electrons. The predicted octanol–water partition coefficient (Wildman–Crippen LogP) is 3.82. The summed E-state index contributed by atoms with van der Waals surface area (Å²) in [6.07, 6.45) is 0.